The van der Waals surface area contributed by atoms with E-state index in [4.69, 9.17) is 11.6 Å². The lowest BCUT2D eigenvalue weighted by atomic mass is 9.92. The number of halogens is 2. The molecule has 2 rings (SSSR count). The second-order valence-corrected chi connectivity index (χ2v) is 5.52. The highest BCUT2D eigenvalue weighted by atomic mass is 35.5. The Bertz CT molecular complexity index is 376. The second kappa shape index (κ2) is 5.83. The van der Waals surface area contributed by atoms with Crippen LogP contribution in [0, 0.1) is 11.7 Å². The average Bonchev–Trinajstić information content (AvgIpc) is 2.20. The Morgan fingerprint density at radius 3 is 2.82 bits per heavy atom. The predicted octanol–water partition coefficient (Wildman–Crippen LogP) is 3.80. The minimum atomic E-state index is -0.187. The number of hydrogen-bond donors (Lipinski definition) is 1. The fourth-order valence-corrected chi connectivity index (χ4v) is 2.27. The fraction of sp³-hybridized carbons (Fsp3) is 0.571. The van der Waals surface area contributed by atoms with Gasteiger partial charge in [0.15, 0.2) is 0 Å². The smallest absolute Gasteiger partial charge is 0.127 e. The number of nitrogens with one attached hydrogen (secondary N) is 1. The molecule has 1 aliphatic rings. The molecule has 94 valence electrons. The molecule has 1 unspecified atom stereocenters. The van der Waals surface area contributed by atoms with E-state index in [-0.39, 0.29) is 5.82 Å². The van der Waals surface area contributed by atoms with Crippen LogP contribution in [0.4, 0.5) is 4.39 Å². The van der Waals surface area contributed by atoms with Crippen molar-refractivity contribution in [3.8, 4) is 0 Å². The summed E-state index contributed by atoms with van der Waals surface area (Å²) in [6, 6.07) is 5.64. The zero-order valence-electron chi connectivity index (χ0n) is 10.2. The third kappa shape index (κ3) is 3.68. The molecule has 0 radical (unpaired) electrons. The first-order valence-corrected chi connectivity index (χ1v) is 6.70. The van der Waals surface area contributed by atoms with Crippen LogP contribution >= 0.6 is 11.6 Å². The highest BCUT2D eigenvalue weighted by Gasteiger charge is 2.17. The predicted molar refractivity (Wildman–Crippen MR) is 69.9 cm³/mol. The Hall–Kier alpha value is -0.600. The van der Waals surface area contributed by atoms with Gasteiger partial charge >= 0.3 is 0 Å². The van der Waals surface area contributed by atoms with Crippen molar-refractivity contribution in [3.05, 3.63) is 34.6 Å². The van der Waals surface area contributed by atoms with Gasteiger partial charge in [0.1, 0.15) is 5.82 Å². The van der Waals surface area contributed by atoms with E-state index in [1.165, 1.54) is 25.3 Å². The van der Waals surface area contributed by atoms with Gasteiger partial charge in [0.2, 0.25) is 0 Å². The van der Waals surface area contributed by atoms with E-state index >= 15 is 0 Å². The lowest BCUT2D eigenvalue weighted by Crippen LogP contribution is -2.38. The molecule has 0 aliphatic heterocycles. The van der Waals surface area contributed by atoms with Crippen LogP contribution in [0.2, 0.25) is 5.02 Å². The van der Waals surface area contributed by atoms with E-state index in [0.717, 1.165) is 18.5 Å². The molecule has 0 saturated heterocycles. The Labute approximate surface area is 107 Å². The summed E-state index contributed by atoms with van der Waals surface area (Å²) in [7, 11) is 0. The van der Waals surface area contributed by atoms with Crippen molar-refractivity contribution < 1.29 is 4.39 Å². The molecular weight excluding hydrogens is 237 g/mol. The Morgan fingerprint density at radius 1 is 1.47 bits per heavy atom. The summed E-state index contributed by atoms with van der Waals surface area (Å²) in [4.78, 5) is 0. The summed E-state index contributed by atoms with van der Waals surface area (Å²) in [6.45, 7) is 3.12. The SMILES string of the molecule is CC(CNC1CCC1)Cc1ccc(Cl)cc1F. The molecular formula is C14H19ClFN. The molecule has 1 fully saturated rings. The molecule has 0 heterocycles. The first kappa shape index (κ1) is 12.8. The van der Waals surface area contributed by atoms with Crippen molar-refractivity contribution in [1.82, 2.24) is 5.32 Å². The van der Waals surface area contributed by atoms with E-state index in [1.807, 2.05) is 0 Å². The third-order valence-electron chi connectivity index (χ3n) is 3.44. The third-order valence-corrected chi connectivity index (χ3v) is 3.68. The van der Waals surface area contributed by atoms with Crippen LogP contribution in [0.5, 0.6) is 0 Å². The van der Waals surface area contributed by atoms with Crippen LogP contribution < -0.4 is 5.32 Å². The van der Waals surface area contributed by atoms with Crippen molar-refractivity contribution in [2.75, 3.05) is 6.54 Å². The monoisotopic (exact) mass is 255 g/mol. The second-order valence-electron chi connectivity index (χ2n) is 5.08. The molecule has 0 bridgehead atoms. The van der Waals surface area contributed by atoms with Gasteiger partial charge in [0.25, 0.3) is 0 Å². The lowest BCUT2D eigenvalue weighted by molar-refractivity contribution is 0.320. The van der Waals surface area contributed by atoms with Gasteiger partial charge in [0, 0.05) is 11.1 Å². The van der Waals surface area contributed by atoms with E-state index in [1.54, 1.807) is 12.1 Å². The summed E-state index contributed by atoms with van der Waals surface area (Å²) < 4.78 is 13.6. The molecule has 1 aliphatic carbocycles. The molecule has 0 aromatic heterocycles. The fourth-order valence-electron chi connectivity index (χ4n) is 2.12. The Kier molecular flexibility index (Phi) is 4.41. The maximum Gasteiger partial charge on any atom is 0.127 e. The van der Waals surface area contributed by atoms with Crippen molar-refractivity contribution >= 4 is 11.6 Å². The highest BCUT2D eigenvalue weighted by molar-refractivity contribution is 6.30. The van der Waals surface area contributed by atoms with Gasteiger partial charge in [-0.3, -0.25) is 0 Å². The Morgan fingerprint density at radius 2 is 2.24 bits per heavy atom. The topological polar surface area (TPSA) is 12.0 Å². The van der Waals surface area contributed by atoms with Gasteiger partial charge in [-0.25, -0.2) is 4.39 Å². The molecule has 17 heavy (non-hydrogen) atoms. The standard InChI is InChI=1S/C14H19ClFN/c1-10(9-17-13-3-2-4-13)7-11-5-6-12(15)8-14(11)16/h5-6,8,10,13,17H,2-4,7,9H2,1H3. The maximum absolute atomic E-state index is 13.6. The van der Waals surface area contributed by atoms with Crippen molar-refractivity contribution in [1.29, 1.82) is 0 Å². The molecule has 1 aromatic carbocycles. The minimum Gasteiger partial charge on any atom is -0.314 e. The van der Waals surface area contributed by atoms with Crippen LogP contribution in [0.1, 0.15) is 31.7 Å². The summed E-state index contributed by atoms with van der Waals surface area (Å²) >= 11 is 5.73. The van der Waals surface area contributed by atoms with Crippen LogP contribution in [-0.2, 0) is 6.42 Å². The van der Waals surface area contributed by atoms with E-state index < -0.39 is 0 Å². The van der Waals surface area contributed by atoms with E-state index in [0.29, 0.717) is 17.0 Å². The molecule has 1 N–H and O–H groups in total. The van der Waals surface area contributed by atoms with Crippen LogP contribution in [-0.4, -0.2) is 12.6 Å². The quantitative estimate of drug-likeness (QED) is 0.844. The van der Waals surface area contributed by atoms with Gasteiger partial charge in [-0.15, -0.1) is 0 Å². The summed E-state index contributed by atoms with van der Waals surface area (Å²) in [5.74, 6) is 0.263. The summed E-state index contributed by atoms with van der Waals surface area (Å²) in [6.07, 6.45) is 4.70. The minimum absolute atomic E-state index is 0.187. The zero-order valence-corrected chi connectivity index (χ0v) is 10.9. The van der Waals surface area contributed by atoms with Gasteiger partial charge in [-0.2, -0.15) is 0 Å². The van der Waals surface area contributed by atoms with Crippen LogP contribution in [0.25, 0.3) is 0 Å². The zero-order chi connectivity index (χ0) is 12.3. The number of hydrogen-bond acceptors (Lipinski definition) is 1. The van der Waals surface area contributed by atoms with Crippen LogP contribution in [0.3, 0.4) is 0 Å². The molecule has 1 saturated carbocycles. The summed E-state index contributed by atoms with van der Waals surface area (Å²) in [5.41, 5.74) is 0.761. The maximum atomic E-state index is 13.6. The first-order valence-electron chi connectivity index (χ1n) is 6.32. The molecule has 1 aromatic rings. The molecule has 0 spiro atoms. The van der Waals surface area contributed by atoms with E-state index in [9.17, 15) is 4.39 Å². The first-order chi connectivity index (χ1) is 8.15. The van der Waals surface area contributed by atoms with Gasteiger partial charge in [-0.05, 0) is 49.4 Å². The number of rotatable bonds is 5. The summed E-state index contributed by atoms with van der Waals surface area (Å²) in [5, 5.41) is 3.99. The highest BCUT2D eigenvalue weighted by Crippen LogP contribution is 2.20. The molecule has 0 amide bonds. The van der Waals surface area contributed by atoms with E-state index in [2.05, 4.69) is 12.2 Å². The van der Waals surface area contributed by atoms with Gasteiger partial charge in [0.05, 0.1) is 0 Å². The van der Waals surface area contributed by atoms with Gasteiger partial charge < -0.3 is 5.32 Å². The van der Waals surface area contributed by atoms with Gasteiger partial charge in [-0.1, -0.05) is 31.0 Å². The van der Waals surface area contributed by atoms with Crippen molar-refractivity contribution in [2.24, 2.45) is 5.92 Å². The molecule has 1 atom stereocenters. The van der Waals surface area contributed by atoms with Crippen LogP contribution in [0.15, 0.2) is 18.2 Å². The largest absolute Gasteiger partial charge is 0.314 e. The molecule has 1 nitrogen and oxygen atoms in total. The lowest BCUT2D eigenvalue weighted by Gasteiger charge is -2.28. The average molecular weight is 256 g/mol. The normalized spacial score (nSPS) is 17.8. The Balaban J connectivity index is 1.81. The van der Waals surface area contributed by atoms with Crippen molar-refractivity contribution in [3.63, 3.8) is 0 Å². The number of benzene rings is 1. The van der Waals surface area contributed by atoms with Crippen molar-refractivity contribution in [2.45, 2.75) is 38.6 Å². The molecule has 3 heteroatoms.